The molecule has 3 aromatic heterocycles. The third-order valence-corrected chi connectivity index (χ3v) is 4.53. The van der Waals surface area contributed by atoms with Crippen LogP contribution in [0, 0.1) is 0 Å². The predicted molar refractivity (Wildman–Crippen MR) is 107 cm³/mol. The number of amides is 1. The molecule has 0 saturated heterocycles. The smallest absolute Gasteiger partial charge is 0.405 e. The van der Waals surface area contributed by atoms with Crippen LogP contribution in [-0.4, -0.2) is 31.4 Å². The van der Waals surface area contributed by atoms with Crippen molar-refractivity contribution >= 4 is 11.6 Å². The first-order valence-electron chi connectivity index (χ1n) is 9.40. The fraction of sp³-hybridized carbons (Fsp3) is 0.143. The average Bonchev–Trinajstić information content (AvgIpc) is 3.07. The second-order valence-corrected chi connectivity index (χ2v) is 6.79. The lowest BCUT2D eigenvalue weighted by Gasteiger charge is -2.13. The maximum Gasteiger partial charge on any atom is 0.573 e. The van der Waals surface area contributed by atoms with Crippen LogP contribution in [0.1, 0.15) is 21.5 Å². The number of para-hydroxylation sites is 1. The SMILES string of the molecule is O=C(NCc1ccccc1OC(F)(F)F)c1ccc2nn(Cc3cccnc3)c(=O)n2c1. The second kappa shape index (κ2) is 8.53. The van der Waals surface area contributed by atoms with Crippen molar-refractivity contribution < 1.29 is 22.7 Å². The Labute approximate surface area is 178 Å². The molecule has 1 N–H and O–H groups in total. The van der Waals surface area contributed by atoms with E-state index in [1.807, 2.05) is 6.07 Å². The molecule has 0 saturated carbocycles. The molecule has 0 atom stereocenters. The van der Waals surface area contributed by atoms with Gasteiger partial charge in [-0.25, -0.2) is 13.9 Å². The Hall–Kier alpha value is -4.15. The normalized spacial score (nSPS) is 11.5. The number of nitrogens with zero attached hydrogens (tertiary/aromatic N) is 4. The lowest BCUT2D eigenvalue weighted by Crippen LogP contribution is -2.26. The number of hydrogen-bond acceptors (Lipinski definition) is 5. The fourth-order valence-corrected chi connectivity index (χ4v) is 3.07. The van der Waals surface area contributed by atoms with E-state index < -0.39 is 23.7 Å². The molecule has 0 bridgehead atoms. The lowest BCUT2D eigenvalue weighted by molar-refractivity contribution is -0.274. The van der Waals surface area contributed by atoms with Crippen molar-refractivity contribution in [3.8, 4) is 5.75 Å². The van der Waals surface area contributed by atoms with Crippen LogP contribution in [0.25, 0.3) is 5.65 Å². The standard InChI is InChI=1S/C21H16F3N5O3/c22-21(23,24)32-17-6-2-1-5-15(17)11-26-19(30)16-7-8-18-27-29(20(31)28(18)13-16)12-14-4-3-9-25-10-14/h1-10,13H,11-12H2,(H,26,30). The molecule has 0 aliphatic heterocycles. The van der Waals surface area contributed by atoms with Crippen LogP contribution in [-0.2, 0) is 13.1 Å². The van der Waals surface area contributed by atoms with Crippen molar-refractivity contribution in [2.75, 3.05) is 0 Å². The number of halogens is 3. The summed E-state index contributed by atoms with van der Waals surface area (Å²) in [6, 6.07) is 12.1. The van der Waals surface area contributed by atoms with E-state index in [1.54, 1.807) is 18.5 Å². The number of pyridine rings is 2. The van der Waals surface area contributed by atoms with Crippen LogP contribution >= 0.6 is 0 Å². The highest BCUT2D eigenvalue weighted by molar-refractivity contribution is 5.94. The maximum absolute atomic E-state index is 12.7. The van der Waals surface area contributed by atoms with Crippen LogP contribution in [0.2, 0.25) is 0 Å². The van der Waals surface area contributed by atoms with E-state index in [0.717, 1.165) is 11.6 Å². The van der Waals surface area contributed by atoms with E-state index >= 15 is 0 Å². The third kappa shape index (κ3) is 4.77. The zero-order valence-corrected chi connectivity index (χ0v) is 16.4. The Morgan fingerprint density at radius 2 is 1.91 bits per heavy atom. The van der Waals surface area contributed by atoms with Gasteiger partial charge in [0.25, 0.3) is 5.91 Å². The summed E-state index contributed by atoms with van der Waals surface area (Å²) >= 11 is 0. The Morgan fingerprint density at radius 1 is 1.09 bits per heavy atom. The number of carbonyl (C=O) groups is 1. The van der Waals surface area contributed by atoms with E-state index in [-0.39, 0.29) is 24.2 Å². The van der Waals surface area contributed by atoms with Gasteiger partial charge in [0, 0.05) is 30.7 Å². The monoisotopic (exact) mass is 443 g/mol. The summed E-state index contributed by atoms with van der Waals surface area (Å²) in [5, 5.41) is 6.77. The highest BCUT2D eigenvalue weighted by Gasteiger charge is 2.32. The number of carbonyl (C=O) groups excluding carboxylic acids is 1. The van der Waals surface area contributed by atoms with Crippen molar-refractivity contribution in [2.24, 2.45) is 0 Å². The van der Waals surface area contributed by atoms with Crippen molar-refractivity contribution in [2.45, 2.75) is 19.5 Å². The van der Waals surface area contributed by atoms with Gasteiger partial charge >= 0.3 is 12.1 Å². The van der Waals surface area contributed by atoms with Gasteiger partial charge in [-0.15, -0.1) is 18.3 Å². The first-order valence-corrected chi connectivity index (χ1v) is 9.40. The molecule has 4 rings (SSSR count). The first kappa shape index (κ1) is 21.1. The summed E-state index contributed by atoms with van der Waals surface area (Å²) in [5.74, 6) is -0.968. The number of fused-ring (bicyclic) bond motifs is 1. The van der Waals surface area contributed by atoms with Gasteiger partial charge in [0.15, 0.2) is 5.65 Å². The zero-order chi connectivity index (χ0) is 22.7. The minimum absolute atomic E-state index is 0.148. The summed E-state index contributed by atoms with van der Waals surface area (Å²) in [5.41, 5.74) is 0.993. The van der Waals surface area contributed by atoms with Crippen LogP contribution in [0.5, 0.6) is 5.75 Å². The number of hydrogen-bond donors (Lipinski definition) is 1. The van der Waals surface area contributed by atoms with Crippen LogP contribution < -0.4 is 15.7 Å². The van der Waals surface area contributed by atoms with E-state index in [2.05, 4.69) is 20.1 Å². The minimum atomic E-state index is -4.84. The van der Waals surface area contributed by atoms with Gasteiger partial charge in [-0.2, -0.15) is 0 Å². The number of aromatic nitrogens is 4. The maximum atomic E-state index is 12.7. The topological polar surface area (TPSA) is 90.5 Å². The third-order valence-electron chi connectivity index (χ3n) is 4.53. The Morgan fingerprint density at radius 3 is 2.66 bits per heavy atom. The molecule has 8 nitrogen and oxygen atoms in total. The molecular weight excluding hydrogens is 427 g/mol. The van der Waals surface area contributed by atoms with Crippen molar-refractivity contribution in [1.82, 2.24) is 24.5 Å². The van der Waals surface area contributed by atoms with Gasteiger partial charge in [0.1, 0.15) is 5.75 Å². The minimum Gasteiger partial charge on any atom is -0.405 e. The average molecular weight is 443 g/mol. The Balaban J connectivity index is 1.51. The van der Waals surface area contributed by atoms with Crippen molar-refractivity contribution in [1.29, 1.82) is 0 Å². The summed E-state index contributed by atoms with van der Waals surface area (Å²) in [4.78, 5) is 29.2. The molecule has 0 radical (unpaired) electrons. The highest BCUT2D eigenvalue weighted by atomic mass is 19.4. The van der Waals surface area contributed by atoms with Gasteiger partial charge in [0.05, 0.1) is 12.1 Å². The van der Waals surface area contributed by atoms with Gasteiger partial charge in [-0.05, 0) is 29.8 Å². The molecule has 32 heavy (non-hydrogen) atoms. The van der Waals surface area contributed by atoms with E-state index in [0.29, 0.717) is 5.65 Å². The first-order chi connectivity index (χ1) is 15.3. The van der Waals surface area contributed by atoms with Gasteiger partial charge < -0.3 is 10.1 Å². The number of rotatable bonds is 6. The van der Waals surface area contributed by atoms with E-state index in [1.165, 1.54) is 45.6 Å². The predicted octanol–water partition coefficient (Wildman–Crippen LogP) is 2.77. The summed E-state index contributed by atoms with van der Waals surface area (Å²) in [6.45, 7) is 0.0180. The molecule has 3 heterocycles. The number of alkyl halides is 3. The van der Waals surface area contributed by atoms with Gasteiger partial charge in [0.2, 0.25) is 0 Å². The van der Waals surface area contributed by atoms with Crippen LogP contribution in [0.3, 0.4) is 0 Å². The summed E-state index contributed by atoms with van der Waals surface area (Å²) in [6.07, 6.45) is -0.274. The van der Waals surface area contributed by atoms with E-state index in [9.17, 15) is 22.8 Å². The molecule has 1 aromatic carbocycles. The molecular formula is C21H16F3N5O3. The molecule has 0 aliphatic carbocycles. The molecule has 0 fully saturated rings. The van der Waals surface area contributed by atoms with Crippen molar-refractivity contribution in [3.63, 3.8) is 0 Å². The summed E-state index contributed by atoms with van der Waals surface area (Å²) < 4.78 is 44.1. The van der Waals surface area contributed by atoms with Crippen LogP contribution in [0.4, 0.5) is 13.2 Å². The Kier molecular flexibility index (Phi) is 5.63. The van der Waals surface area contributed by atoms with Gasteiger partial charge in [-0.1, -0.05) is 24.3 Å². The van der Waals surface area contributed by atoms with Gasteiger partial charge in [-0.3, -0.25) is 9.78 Å². The molecule has 11 heteroatoms. The lowest BCUT2D eigenvalue weighted by atomic mass is 10.2. The van der Waals surface area contributed by atoms with Crippen LogP contribution in [0.15, 0.2) is 71.9 Å². The zero-order valence-electron chi connectivity index (χ0n) is 16.4. The van der Waals surface area contributed by atoms with Crippen molar-refractivity contribution in [3.05, 3.63) is 94.3 Å². The molecule has 0 unspecified atom stereocenters. The quantitative estimate of drug-likeness (QED) is 0.495. The molecule has 4 aromatic rings. The molecule has 0 spiro atoms. The molecule has 164 valence electrons. The Bertz CT molecular complexity index is 1320. The number of benzene rings is 1. The fourth-order valence-electron chi connectivity index (χ4n) is 3.07. The van der Waals surface area contributed by atoms with E-state index in [4.69, 9.17) is 0 Å². The summed E-state index contributed by atoms with van der Waals surface area (Å²) in [7, 11) is 0. The number of ether oxygens (including phenoxy) is 1. The second-order valence-electron chi connectivity index (χ2n) is 6.79. The number of nitrogens with one attached hydrogen (secondary N) is 1. The largest absolute Gasteiger partial charge is 0.573 e. The highest BCUT2D eigenvalue weighted by Crippen LogP contribution is 2.26. The molecule has 0 aliphatic rings. The molecule has 1 amide bonds.